The van der Waals surface area contributed by atoms with Gasteiger partial charge in [0.05, 0.1) is 11.0 Å². The molecule has 0 saturated carbocycles. The number of amides is 1. The Kier molecular flexibility index (Phi) is 4.28. The minimum atomic E-state index is -0.393. The Morgan fingerprint density at radius 2 is 2.21 bits per heavy atom. The van der Waals surface area contributed by atoms with Crippen molar-refractivity contribution in [2.24, 2.45) is 0 Å². The molecule has 1 aromatic heterocycles. The van der Waals surface area contributed by atoms with Gasteiger partial charge in [0.2, 0.25) is 0 Å². The highest BCUT2D eigenvalue weighted by atomic mass is 32.1. The summed E-state index contributed by atoms with van der Waals surface area (Å²) in [5, 5.41) is 9.83. The molecular weight excluding hydrogens is 260 g/mol. The maximum absolute atomic E-state index is 12.6. The van der Waals surface area contributed by atoms with Gasteiger partial charge < -0.3 is 14.9 Å². The molecule has 1 N–H and O–H groups in total. The number of likely N-dealkylation sites (N-methyl/N-ethyl adjacent to an activating group) is 1. The molecular formula is C14H22N2O2S. The summed E-state index contributed by atoms with van der Waals surface area (Å²) < 4.78 is 0. The molecule has 5 heteroatoms. The number of hydrogen-bond donors (Lipinski definition) is 1. The fourth-order valence-corrected chi connectivity index (χ4v) is 3.55. The summed E-state index contributed by atoms with van der Waals surface area (Å²) in [6.45, 7) is 5.31. The number of carbonyl (C=O) groups is 1. The molecule has 2 heterocycles. The lowest BCUT2D eigenvalue weighted by Crippen LogP contribution is -2.41. The van der Waals surface area contributed by atoms with E-state index in [0.717, 1.165) is 17.0 Å². The molecule has 1 aliphatic heterocycles. The second-order valence-corrected chi connectivity index (χ2v) is 6.87. The van der Waals surface area contributed by atoms with Crippen LogP contribution in [0, 0.1) is 13.8 Å². The molecule has 2 unspecified atom stereocenters. The van der Waals surface area contributed by atoms with E-state index in [1.165, 1.54) is 4.88 Å². The molecule has 1 saturated heterocycles. The van der Waals surface area contributed by atoms with Crippen LogP contribution >= 0.6 is 11.3 Å². The molecule has 0 spiro atoms. The van der Waals surface area contributed by atoms with Crippen molar-refractivity contribution in [1.29, 1.82) is 0 Å². The molecule has 4 nitrogen and oxygen atoms in total. The van der Waals surface area contributed by atoms with Crippen molar-refractivity contribution < 1.29 is 9.90 Å². The Labute approximate surface area is 118 Å². The summed E-state index contributed by atoms with van der Waals surface area (Å²) in [6, 6.07) is 2.07. The number of aryl methyl sites for hydroxylation is 2. The van der Waals surface area contributed by atoms with Gasteiger partial charge in [-0.1, -0.05) is 0 Å². The summed E-state index contributed by atoms with van der Waals surface area (Å²) in [7, 11) is 3.99. The van der Waals surface area contributed by atoms with Crippen LogP contribution in [0.4, 0.5) is 0 Å². The number of nitrogens with zero attached hydrogens (tertiary/aromatic N) is 2. The SMILES string of the molecule is Cc1cc(C(=O)N2CC(O)CC2CN(C)C)sc1C. The average molecular weight is 282 g/mol. The maximum Gasteiger partial charge on any atom is 0.264 e. The molecule has 19 heavy (non-hydrogen) atoms. The van der Waals surface area contributed by atoms with Gasteiger partial charge in [-0.2, -0.15) is 0 Å². The lowest BCUT2D eigenvalue weighted by molar-refractivity contribution is 0.0704. The van der Waals surface area contributed by atoms with Gasteiger partial charge in [-0.05, 0) is 46.0 Å². The van der Waals surface area contributed by atoms with Crippen LogP contribution in [-0.4, -0.2) is 60.1 Å². The van der Waals surface area contributed by atoms with E-state index >= 15 is 0 Å². The standard InChI is InChI=1S/C14H22N2O2S/c1-9-5-13(19-10(9)2)14(18)16-8-12(17)6-11(16)7-15(3)4/h5,11-12,17H,6-8H2,1-4H3. The molecule has 1 amide bonds. The third-order valence-corrected chi connectivity index (χ3v) is 4.75. The smallest absolute Gasteiger partial charge is 0.264 e. The zero-order valence-electron chi connectivity index (χ0n) is 12.0. The zero-order chi connectivity index (χ0) is 14.2. The molecule has 0 radical (unpaired) electrons. The normalized spacial score (nSPS) is 23.4. The van der Waals surface area contributed by atoms with Crippen LogP contribution in [0.2, 0.25) is 0 Å². The first-order valence-electron chi connectivity index (χ1n) is 6.59. The summed E-state index contributed by atoms with van der Waals surface area (Å²) in [6.07, 6.45) is 0.281. The van der Waals surface area contributed by atoms with Crippen molar-refractivity contribution in [2.45, 2.75) is 32.4 Å². The van der Waals surface area contributed by atoms with Crippen LogP contribution in [0.15, 0.2) is 6.07 Å². The van der Waals surface area contributed by atoms with Gasteiger partial charge in [0.25, 0.3) is 5.91 Å². The van der Waals surface area contributed by atoms with E-state index < -0.39 is 6.10 Å². The van der Waals surface area contributed by atoms with Gasteiger partial charge in [0.1, 0.15) is 0 Å². The largest absolute Gasteiger partial charge is 0.391 e. The number of hydrogen-bond acceptors (Lipinski definition) is 4. The highest BCUT2D eigenvalue weighted by Crippen LogP contribution is 2.26. The molecule has 1 aliphatic rings. The monoisotopic (exact) mass is 282 g/mol. The zero-order valence-corrected chi connectivity index (χ0v) is 12.8. The summed E-state index contributed by atoms with van der Waals surface area (Å²) in [4.78, 5) is 18.4. The van der Waals surface area contributed by atoms with Gasteiger partial charge in [0, 0.05) is 24.0 Å². The second-order valence-electron chi connectivity index (χ2n) is 5.61. The van der Waals surface area contributed by atoms with Gasteiger partial charge in [-0.15, -0.1) is 11.3 Å². The van der Waals surface area contributed by atoms with E-state index in [2.05, 4.69) is 4.90 Å². The highest BCUT2D eigenvalue weighted by molar-refractivity contribution is 7.14. The van der Waals surface area contributed by atoms with E-state index in [0.29, 0.717) is 13.0 Å². The molecule has 2 rings (SSSR count). The molecule has 0 bridgehead atoms. The van der Waals surface area contributed by atoms with E-state index in [1.54, 1.807) is 11.3 Å². The van der Waals surface area contributed by atoms with Crippen LogP contribution in [0.25, 0.3) is 0 Å². The number of rotatable bonds is 3. The van der Waals surface area contributed by atoms with Gasteiger partial charge in [-0.3, -0.25) is 4.79 Å². The Bertz CT molecular complexity index is 451. The second kappa shape index (κ2) is 5.61. The summed E-state index contributed by atoms with van der Waals surface area (Å²) >= 11 is 1.55. The number of β-amino-alcohol motifs (C(OH)–C–C–N with tert-alkyl or cyclic N) is 1. The van der Waals surface area contributed by atoms with Crippen molar-refractivity contribution in [3.8, 4) is 0 Å². The minimum Gasteiger partial charge on any atom is -0.391 e. The molecule has 106 valence electrons. The predicted octanol–water partition coefficient (Wildman–Crippen LogP) is 1.50. The van der Waals surface area contributed by atoms with Crippen LogP contribution in [-0.2, 0) is 0 Å². The first kappa shape index (κ1) is 14.5. The third-order valence-electron chi connectivity index (χ3n) is 3.61. The first-order valence-corrected chi connectivity index (χ1v) is 7.41. The van der Waals surface area contributed by atoms with Crippen molar-refractivity contribution >= 4 is 17.2 Å². The molecule has 2 atom stereocenters. The predicted molar refractivity (Wildman–Crippen MR) is 77.8 cm³/mol. The number of thiophene rings is 1. The fourth-order valence-electron chi connectivity index (χ4n) is 2.56. The summed E-state index contributed by atoms with van der Waals surface area (Å²) in [5.74, 6) is 0.0598. The third kappa shape index (κ3) is 3.16. The van der Waals surface area contributed by atoms with Crippen LogP contribution in [0.5, 0.6) is 0 Å². The minimum absolute atomic E-state index is 0.0598. The molecule has 1 aromatic rings. The van der Waals surface area contributed by atoms with E-state index in [9.17, 15) is 9.90 Å². The Hall–Kier alpha value is -0.910. The number of aliphatic hydroxyl groups excluding tert-OH is 1. The Morgan fingerprint density at radius 1 is 1.53 bits per heavy atom. The molecule has 1 fully saturated rings. The van der Waals surface area contributed by atoms with Crippen LogP contribution in [0.3, 0.4) is 0 Å². The topological polar surface area (TPSA) is 43.8 Å². The van der Waals surface area contributed by atoms with E-state index in [-0.39, 0.29) is 11.9 Å². The Morgan fingerprint density at radius 3 is 2.74 bits per heavy atom. The lowest BCUT2D eigenvalue weighted by Gasteiger charge is -2.26. The molecule has 0 aromatic carbocycles. The van der Waals surface area contributed by atoms with Gasteiger partial charge >= 0.3 is 0 Å². The quantitative estimate of drug-likeness (QED) is 0.914. The first-order chi connectivity index (χ1) is 8.88. The average Bonchev–Trinajstić information content (AvgIpc) is 2.82. The summed E-state index contributed by atoms with van der Waals surface area (Å²) in [5.41, 5.74) is 1.16. The fraction of sp³-hybridized carbons (Fsp3) is 0.643. The van der Waals surface area contributed by atoms with E-state index in [1.807, 2.05) is 38.9 Å². The van der Waals surface area contributed by atoms with Crippen LogP contribution in [0.1, 0.15) is 26.5 Å². The van der Waals surface area contributed by atoms with E-state index in [4.69, 9.17) is 0 Å². The lowest BCUT2D eigenvalue weighted by atomic mass is 10.2. The maximum atomic E-state index is 12.6. The Balaban J connectivity index is 2.16. The van der Waals surface area contributed by atoms with Crippen molar-refractivity contribution in [2.75, 3.05) is 27.2 Å². The van der Waals surface area contributed by atoms with Crippen LogP contribution < -0.4 is 0 Å². The van der Waals surface area contributed by atoms with Crippen molar-refractivity contribution in [3.63, 3.8) is 0 Å². The van der Waals surface area contributed by atoms with Gasteiger partial charge in [0.15, 0.2) is 0 Å². The number of aliphatic hydroxyl groups is 1. The molecule has 0 aliphatic carbocycles. The number of carbonyl (C=O) groups excluding carboxylic acids is 1. The highest BCUT2D eigenvalue weighted by Gasteiger charge is 2.35. The van der Waals surface area contributed by atoms with Crippen molar-refractivity contribution in [3.05, 3.63) is 21.4 Å². The van der Waals surface area contributed by atoms with Crippen molar-refractivity contribution in [1.82, 2.24) is 9.80 Å². The van der Waals surface area contributed by atoms with Gasteiger partial charge in [-0.25, -0.2) is 0 Å². The number of likely N-dealkylation sites (tertiary alicyclic amines) is 1.